The van der Waals surface area contributed by atoms with Gasteiger partial charge in [0.05, 0.1) is 12.9 Å². The van der Waals surface area contributed by atoms with Crippen LogP contribution in [-0.4, -0.2) is 49.7 Å². The van der Waals surface area contributed by atoms with E-state index in [0.29, 0.717) is 16.7 Å². The molecule has 3 heterocycles. The fourth-order valence-electron chi connectivity index (χ4n) is 2.52. The number of ether oxygens (including phenoxy) is 1. The molecule has 5 N–H and O–H groups in total. The Balaban J connectivity index is 2.10. The van der Waals surface area contributed by atoms with Gasteiger partial charge in [-0.3, -0.25) is 0 Å². The average molecular weight is 281 g/mol. The number of nitrogens with zero attached hydrogens (tertiary/aromatic N) is 2. The number of aliphatic hydroxyl groups excluding tert-OH is 2. The summed E-state index contributed by atoms with van der Waals surface area (Å²) in [5.41, 5.74) is 5.26. The minimum Gasteiger partial charge on any atom is -0.458 e. The number of hydrogen-bond donors (Lipinski definition) is 4. The Morgan fingerprint density at radius 2 is 2.20 bits per heavy atom. The van der Waals surface area contributed by atoms with Crippen LogP contribution in [0.5, 0.6) is 0 Å². The van der Waals surface area contributed by atoms with Crippen LogP contribution in [0.2, 0.25) is 0 Å². The van der Waals surface area contributed by atoms with Gasteiger partial charge in [-0.2, -0.15) is 0 Å². The minimum atomic E-state index is -1.58. The Hall–Kier alpha value is -1.74. The third-order valence-electron chi connectivity index (χ3n) is 3.66. The van der Waals surface area contributed by atoms with Gasteiger partial charge in [0.1, 0.15) is 35.8 Å². The number of rotatable bonds is 2. The van der Waals surface area contributed by atoms with Crippen LogP contribution in [0.25, 0.3) is 11.1 Å². The number of aliphatic hydroxyl groups is 3. The number of nitrogen functional groups attached to an aromatic ring is 1. The molecule has 108 valence electrons. The van der Waals surface area contributed by atoms with E-state index < -0.39 is 30.5 Å². The Morgan fingerprint density at radius 1 is 1.45 bits per heavy atom. The van der Waals surface area contributed by atoms with E-state index in [1.54, 1.807) is 0 Å². The first-order valence-electron chi connectivity index (χ1n) is 6.11. The predicted molar refractivity (Wildman–Crippen MR) is 67.5 cm³/mol. The highest BCUT2D eigenvalue weighted by Crippen LogP contribution is 2.44. The van der Waals surface area contributed by atoms with Crippen molar-refractivity contribution in [1.29, 1.82) is 0 Å². The summed E-state index contributed by atoms with van der Waals surface area (Å²) in [6, 6.07) is 0. The SMILES string of the molecule is C[C@]1(O)[C@@H](c2coc3c(N)ncnc23)O[C@H](CO)[C@H]1O. The van der Waals surface area contributed by atoms with E-state index in [1.165, 1.54) is 19.5 Å². The van der Waals surface area contributed by atoms with Crippen molar-refractivity contribution in [2.75, 3.05) is 12.3 Å². The Labute approximate surface area is 113 Å². The molecule has 0 saturated carbocycles. The molecule has 0 spiro atoms. The van der Waals surface area contributed by atoms with Crippen molar-refractivity contribution < 1.29 is 24.5 Å². The van der Waals surface area contributed by atoms with Crippen molar-refractivity contribution in [3.8, 4) is 0 Å². The molecule has 0 amide bonds. The van der Waals surface area contributed by atoms with Crippen LogP contribution in [0.15, 0.2) is 17.0 Å². The molecule has 4 atom stereocenters. The molecular weight excluding hydrogens is 266 g/mol. The number of nitrogens with two attached hydrogens (primary N) is 1. The number of fused-ring (bicyclic) bond motifs is 1. The lowest BCUT2D eigenvalue weighted by Crippen LogP contribution is -2.42. The van der Waals surface area contributed by atoms with Crippen molar-refractivity contribution in [1.82, 2.24) is 9.97 Å². The van der Waals surface area contributed by atoms with Crippen LogP contribution in [0.4, 0.5) is 5.82 Å². The fourth-order valence-corrected chi connectivity index (χ4v) is 2.52. The first-order valence-corrected chi connectivity index (χ1v) is 6.11. The van der Waals surface area contributed by atoms with E-state index in [1.807, 2.05) is 0 Å². The van der Waals surface area contributed by atoms with Crippen LogP contribution >= 0.6 is 0 Å². The summed E-state index contributed by atoms with van der Waals surface area (Å²) < 4.78 is 10.8. The van der Waals surface area contributed by atoms with Gasteiger partial charge in [0.25, 0.3) is 0 Å². The van der Waals surface area contributed by atoms with Crippen molar-refractivity contribution >= 4 is 16.9 Å². The molecule has 1 fully saturated rings. The van der Waals surface area contributed by atoms with Crippen LogP contribution in [0, 0.1) is 0 Å². The molecule has 2 aromatic heterocycles. The predicted octanol–water partition coefficient (Wildman–Crippen LogP) is -0.651. The molecule has 3 rings (SSSR count). The van der Waals surface area contributed by atoms with E-state index in [2.05, 4.69) is 9.97 Å². The normalized spacial score (nSPS) is 33.9. The van der Waals surface area contributed by atoms with Gasteiger partial charge in [-0.25, -0.2) is 9.97 Å². The molecule has 8 nitrogen and oxygen atoms in total. The summed E-state index contributed by atoms with van der Waals surface area (Å²) in [5.74, 6) is 0.179. The molecule has 0 unspecified atom stereocenters. The average Bonchev–Trinajstić information content (AvgIpc) is 2.92. The number of aromatic nitrogens is 2. The molecule has 1 saturated heterocycles. The Morgan fingerprint density at radius 3 is 2.85 bits per heavy atom. The van der Waals surface area contributed by atoms with Gasteiger partial charge in [-0.15, -0.1) is 0 Å². The number of hydrogen-bond acceptors (Lipinski definition) is 8. The van der Waals surface area contributed by atoms with Gasteiger partial charge < -0.3 is 30.2 Å². The van der Waals surface area contributed by atoms with E-state index in [9.17, 15) is 15.3 Å². The lowest BCUT2D eigenvalue weighted by Gasteiger charge is -2.25. The summed E-state index contributed by atoms with van der Waals surface area (Å²) in [7, 11) is 0. The van der Waals surface area contributed by atoms with Gasteiger partial charge in [-0.1, -0.05) is 0 Å². The zero-order valence-corrected chi connectivity index (χ0v) is 10.7. The third-order valence-corrected chi connectivity index (χ3v) is 3.66. The van der Waals surface area contributed by atoms with Crippen LogP contribution in [0.1, 0.15) is 18.6 Å². The number of anilines is 1. The quantitative estimate of drug-likeness (QED) is 0.570. The van der Waals surface area contributed by atoms with E-state index >= 15 is 0 Å². The van der Waals surface area contributed by atoms with Gasteiger partial charge in [0, 0.05) is 5.56 Å². The van der Waals surface area contributed by atoms with E-state index in [-0.39, 0.29) is 5.82 Å². The molecule has 0 bridgehead atoms. The van der Waals surface area contributed by atoms with Gasteiger partial charge in [0.15, 0.2) is 11.4 Å². The van der Waals surface area contributed by atoms with Crippen molar-refractivity contribution in [2.24, 2.45) is 0 Å². The molecule has 0 aromatic carbocycles. The fraction of sp³-hybridized carbons (Fsp3) is 0.500. The second-order valence-electron chi connectivity index (χ2n) is 5.04. The topological polar surface area (TPSA) is 135 Å². The largest absolute Gasteiger partial charge is 0.458 e. The van der Waals surface area contributed by atoms with Crippen molar-refractivity contribution in [2.45, 2.75) is 30.8 Å². The first kappa shape index (κ1) is 13.3. The maximum atomic E-state index is 10.4. The second-order valence-corrected chi connectivity index (χ2v) is 5.04. The molecule has 1 aliphatic rings. The first-order chi connectivity index (χ1) is 9.46. The summed E-state index contributed by atoms with van der Waals surface area (Å²) in [6.07, 6.45) is -0.340. The summed E-state index contributed by atoms with van der Waals surface area (Å²) in [4.78, 5) is 7.88. The molecule has 0 aliphatic carbocycles. The van der Waals surface area contributed by atoms with Crippen molar-refractivity contribution in [3.63, 3.8) is 0 Å². The Bertz CT molecular complexity index is 641. The molecule has 1 aliphatic heterocycles. The number of furan rings is 1. The van der Waals surface area contributed by atoms with Crippen LogP contribution in [0.3, 0.4) is 0 Å². The monoisotopic (exact) mass is 281 g/mol. The summed E-state index contributed by atoms with van der Waals surface area (Å²) >= 11 is 0. The van der Waals surface area contributed by atoms with Gasteiger partial charge in [0.2, 0.25) is 0 Å². The lowest BCUT2D eigenvalue weighted by atomic mass is 9.89. The maximum Gasteiger partial charge on any atom is 0.194 e. The third kappa shape index (κ3) is 1.70. The minimum absolute atomic E-state index is 0.179. The zero-order valence-electron chi connectivity index (χ0n) is 10.7. The Kier molecular flexibility index (Phi) is 2.91. The smallest absolute Gasteiger partial charge is 0.194 e. The molecule has 2 aromatic rings. The van der Waals surface area contributed by atoms with Crippen molar-refractivity contribution in [3.05, 3.63) is 18.2 Å². The van der Waals surface area contributed by atoms with E-state index in [4.69, 9.17) is 14.9 Å². The van der Waals surface area contributed by atoms with Gasteiger partial charge in [-0.05, 0) is 6.92 Å². The highest BCUT2D eigenvalue weighted by atomic mass is 16.6. The maximum absolute atomic E-state index is 10.4. The highest BCUT2D eigenvalue weighted by molar-refractivity contribution is 5.85. The zero-order chi connectivity index (χ0) is 14.5. The second kappa shape index (κ2) is 4.38. The summed E-state index contributed by atoms with van der Waals surface area (Å²) in [6.45, 7) is 1.03. The molecule has 20 heavy (non-hydrogen) atoms. The summed E-state index contributed by atoms with van der Waals surface area (Å²) in [5, 5.41) is 29.6. The lowest BCUT2D eigenvalue weighted by molar-refractivity contribution is -0.0643. The molecule has 0 radical (unpaired) electrons. The van der Waals surface area contributed by atoms with Crippen LogP contribution < -0.4 is 5.73 Å². The molecular formula is C12H15N3O5. The standard InChI is InChI=1S/C12H15N3O5/c1-12(18)9(17)6(2-16)20-10(12)5-3-19-8-7(5)14-4-15-11(8)13/h3-4,6,9-10,16-18H,2H2,1H3,(H2,13,14,15)/t6-,9-,10-,12-/m1/s1. The van der Waals surface area contributed by atoms with Gasteiger partial charge >= 0.3 is 0 Å². The van der Waals surface area contributed by atoms with Crippen LogP contribution in [-0.2, 0) is 4.74 Å². The van der Waals surface area contributed by atoms with E-state index in [0.717, 1.165) is 0 Å². The highest BCUT2D eigenvalue weighted by Gasteiger charge is 2.53. The molecule has 8 heteroatoms.